The van der Waals surface area contributed by atoms with Gasteiger partial charge < -0.3 is 19.4 Å². The molecule has 1 heterocycles. The predicted molar refractivity (Wildman–Crippen MR) is 121 cm³/mol. The van der Waals surface area contributed by atoms with Gasteiger partial charge in [0.05, 0.1) is 10.9 Å². The van der Waals surface area contributed by atoms with Crippen molar-refractivity contribution in [3.05, 3.63) is 76.1 Å². The standard InChI is InChI=1S/C24H29N3O3/c1-16(25-27(4)5)19(15-26(2)3)21(17-11-7-6-8-12-17)22-23(28)18-13-9-10-14-20(18)30-24(22)29/h6-14,19,21,28H,15H2,1-5H3/b25-16+/t19-,21-/m1/s1. The topological polar surface area (TPSA) is 69.3 Å². The minimum atomic E-state index is -0.526. The first kappa shape index (κ1) is 21.6. The molecule has 3 rings (SSSR count). The van der Waals surface area contributed by atoms with E-state index in [1.165, 1.54) is 0 Å². The van der Waals surface area contributed by atoms with Crippen LogP contribution >= 0.6 is 0 Å². The maximum absolute atomic E-state index is 13.1. The van der Waals surface area contributed by atoms with Crippen LogP contribution in [0, 0.1) is 5.92 Å². The maximum Gasteiger partial charge on any atom is 0.343 e. The van der Waals surface area contributed by atoms with Crippen molar-refractivity contribution in [2.24, 2.45) is 11.0 Å². The van der Waals surface area contributed by atoms with E-state index in [2.05, 4.69) is 10.0 Å². The molecular weight excluding hydrogens is 378 g/mol. The molecule has 2 aromatic carbocycles. The summed E-state index contributed by atoms with van der Waals surface area (Å²) in [6.45, 7) is 2.61. The first-order valence-corrected chi connectivity index (χ1v) is 9.96. The first-order chi connectivity index (χ1) is 14.3. The smallest absolute Gasteiger partial charge is 0.343 e. The summed E-state index contributed by atoms with van der Waals surface area (Å²) in [7, 11) is 7.71. The van der Waals surface area contributed by atoms with Crippen LogP contribution in [0.5, 0.6) is 5.75 Å². The molecule has 6 heteroatoms. The summed E-state index contributed by atoms with van der Waals surface area (Å²) in [6.07, 6.45) is 0. The van der Waals surface area contributed by atoms with Gasteiger partial charge in [0, 0.05) is 38.2 Å². The van der Waals surface area contributed by atoms with Gasteiger partial charge in [0.2, 0.25) is 0 Å². The minimum Gasteiger partial charge on any atom is -0.507 e. The SMILES string of the molecule is C/C(=N\N(C)C)[C@@H](CN(C)C)[C@@H](c1ccccc1)c1c(O)c2ccccc2oc1=O. The molecule has 0 saturated heterocycles. The number of hydrazone groups is 1. The van der Waals surface area contributed by atoms with Gasteiger partial charge in [0.15, 0.2) is 0 Å². The molecule has 0 bridgehead atoms. The van der Waals surface area contributed by atoms with E-state index in [1.807, 2.05) is 71.5 Å². The average Bonchev–Trinajstić information content (AvgIpc) is 2.69. The Morgan fingerprint density at radius 3 is 2.30 bits per heavy atom. The molecule has 3 aromatic rings. The fourth-order valence-corrected chi connectivity index (χ4v) is 3.94. The molecule has 158 valence electrons. The predicted octanol–water partition coefficient (Wildman–Crippen LogP) is 3.75. The van der Waals surface area contributed by atoms with Crippen molar-refractivity contribution in [2.45, 2.75) is 12.8 Å². The van der Waals surface area contributed by atoms with Crippen molar-refractivity contribution < 1.29 is 9.52 Å². The normalized spacial score (nSPS) is 14.1. The quantitative estimate of drug-likeness (QED) is 0.367. The van der Waals surface area contributed by atoms with E-state index >= 15 is 0 Å². The largest absolute Gasteiger partial charge is 0.507 e. The Hall–Kier alpha value is -3.12. The summed E-state index contributed by atoms with van der Waals surface area (Å²) >= 11 is 0. The van der Waals surface area contributed by atoms with Crippen molar-refractivity contribution in [3.8, 4) is 5.75 Å². The summed E-state index contributed by atoms with van der Waals surface area (Å²) in [5.74, 6) is -0.602. The van der Waals surface area contributed by atoms with Gasteiger partial charge in [-0.25, -0.2) is 4.79 Å². The van der Waals surface area contributed by atoms with Gasteiger partial charge in [0.25, 0.3) is 0 Å². The molecule has 0 fully saturated rings. The molecule has 0 aliphatic rings. The molecule has 30 heavy (non-hydrogen) atoms. The lowest BCUT2D eigenvalue weighted by Gasteiger charge is -2.30. The lowest BCUT2D eigenvalue weighted by Crippen LogP contribution is -2.35. The molecule has 2 atom stereocenters. The summed E-state index contributed by atoms with van der Waals surface area (Å²) in [4.78, 5) is 15.2. The number of rotatable bonds is 7. The van der Waals surface area contributed by atoms with Crippen molar-refractivity contribution in [3.63, 3.8) is 0 Å². The summed E-state index contributed by atoms with van der Waals surface area (Å²) in [5.41, 5.74) is 1.91. The van der Waals surface area contributed by atoms with Gasteiger partial charge in [-0.15, -0.1) is 0 Å². The molecule has 6 nitrogen and oxygen atoms in total. The second-order valence-corrected chi connectivity index (χ2v) is 7.99. The van der Waals surface area contributed by atoms with E-state index in [9.17, 15) is 9.90 Å². The third kappa shape index (κ3) is 4.54. The number of nitrogens with zero attached hydrogens (tertiary/aromatic N) is 3. The number of hydrogen-bond donors (Lipinski definition) is 1. The molecule has 1 aromatic heterocycles. The number of fused-ring (bicyclic) bond motifs is 1. The van der Waals surface area contributed by atoms with Gasteiger partial charge >= 0.3 is 5.63 Å². The highest BCUT2D eigenvalue weighted by atomic mass is 16.4. The number of para-hydroxylation sites is 1. The average molecular weight is 408 g/mol. The lowest BCUT2D eigenvalue weighted by molar-refractivity contribution is 0.340. The zero-order valence-corrected chi connectivity index (χ0v) is 18.2. The maximum atomic E-state index is 13.1. The fourth-order valence-electron chi connectivity index (χ4n) is 3.94. The Morgan fingerprint density at radius 2 is 1.67 bits per heavy atom. The summed E-state index contributed by atoms with van der Waals surface area (Å²) < 4.78 is 5.61. The molecule has 0 aliphatic heterocycles. The van der Waals surface area contributed by atoms with E-state index in [1.54, 1.807) is 23.2 Å². The van der Waals surface area contributed by atoms with Crippen molar-refractivity contribution in [1.82, 2.24) is 9.91 Å². The van der Waals surface area contributed by atoms with Gasteiger partial charge in [0.1, 0.15) is 11.3 Å². The van der Waals surface area contributed by atoms with Crippen molar-refractivity contribution >= 4 is 16.7 Å². The van der Waals surface area contributed by atoms with Crippen LogP contribution in [0.2, 0.25) is 0 Å². The Kier molecular flexibility index (Phi) is 6.57. The second kappa shape index (κ2) is 9.13. The Bertz CT molecular complexity index is 1090. The molecule has 0 spiro atoms. The van der Waals surface area contributed by atoms with Crippen LogP contribution in [-0.4, -0.2) is 55.5 Å². The zero-order chi connectivity index (χ0) is 21.8. The third-order valence-corrected chi connectivity index (χ3v) is 5.15. The van der Waals surface area contributed by atoms with Gasteiger partial charge in [-0.3, -0.25) is 0 Å². The van der Waals surface area contributed by atoms with Crippen LogP contribution in [0.1, 0.15) is 24.0 Å². The van der Waals surface area contributed by atoms with Crippen LogP contribution < -0.4 is 5.63 Å². The molecule has 1 N–H and O–H groups in total. The number of benzene rings is 2. The highest BCUT2D eigenvalue weighted by Crippen LogP contribution is 2.39. The molecular formula is C24H29N3O3. The monoisotopic (exact) mass is 407 g/mol. The molecule has 0 radical (unpaired) electrons. The lowest BCUT2D eigenvalue weighted by atomic mass is 9.78. The van der Waals surface area contributed by atoms with Gasteiger partial charge in [-0.2, -0.15) is 5.10 Å². The fraction of sp³-hybridized carbons (Fsp3) is 0.333. The van der Waals surface area contributed by atoms with E-state index in [0.29, 0.717) is 17.5 Å². The van der Waals surface area contributed by atoms with Crippen LogP contribution in [0.3, 0.4) is 0 Å². The van der Waals surface area contributed by atoms with Crippen molar-refractivity contribution in [2.75, 3.05) is 34.7 Å². The van der Waals surface area contributed by atoms with Crippen LogP contribution in [-0.2, 0) is 0 Å². The highest BCUT2D eigenvalue weighted by molar-refractivity contribution is 5.88. The highest BCUT2D eigenvalue weighted by Gasteiger charge is 2.33. The third-order valence-electron chi connectivity index (χ3n) is 5.15. The zero-order valence-electron chi connectivity index (χ0n) is 18.2. The summed E-state index contributed by atoms with van der Waals surface area (Å²) in [6, 6.07) is 16.8. The molecule has 0 unspecified atom stereocenters. The van der Waals surface area contributed by atoms with E-state index in [0.717, 1.165) is 11.3 Å². The van der Waals surface area contributed by atoms with Crippen LogP contribution in [0.25, 0.3) is 11.0 Å². The summed E-state index contributed by atoms with van der Waals surface area (Å²) in [5, 5.41) is 18.1. The Morgan fingerprint density at radius 1 is 1.03 bits per heavy atom. The minimum absolute atomic E-state index is 0.0305. The second-order valence-electron chi connectivity index (χ2n) is 7.99. The Labute approximate surface area is 177 Å². The molecule has 0 amide bonds. The van der Waals surface area contributed by atoms with Crippen molar-refractivity contribution in [1.29, 1.82) is 0 Å². The van der Waals surface area contributed by atoms with Gasteiger partial charge in [-0.1, -0.05) is 42.5 Å². The first-order valence-electron chi connectivity index (χ1n) is 9.96. The number of aromatic hydroxyl groups is 1. The Balaban J connectivity index is 2.31. The van der Waals surface area contributed by atoms with E-state index in [-0.39, 0.29) is 17.2 Å². The van der Waals surface area contributed by atoms with Crippen LogP contribution in [0.15, 0.2) is 68.9 Å². The van der Waals surface area contributed by atoms with Crippen LogP contribution in [0.4, 0.5) is 0 Å². The van der Waals surface area contributed by atoms with E-state index < -0.39 is 11.5 Å². The molecule has 0 saturated carbocycles. The van der Waals surface area contributed by atoms with E-state index in [4.69, 9.17) is 4.42 Å². The van der Waals surface area contributed by atoms with Gasteiger partial charge in [-0.05, 0) is 38.7 Å². The molecule has 0 aliphatic carbocycles. The number of hydrogen-bond acceptors (Lipinski definition) is 6.